The van der Waals surface area contributed by atoms with Crippen molar-refractivity contribution in [3.63, 3.8) is 0 Å². The molecule has 112 valence electrons. The van der Waals surface area contributed by atoms with Gasteiger partial charge in [0.2, 0.25) is 0 Å². The molecular formula is C14H14FNO4S. The third-order valence-corrected chi connectivity index (χ3v) is 4.29. The van der Waals surface area contributed by atoms with Crippen LogP contribution in [0.25, 0.3) is 0 Å². The number of aliphatic hydroxyl groups excluding tert-OH is 1. The molecule has 0 aliphatic heterocycles. The van der Waals surface area contributed by atoms with E-state index in [1.54, 1.807) is 18.2 Å². The minimum Gasteiger partial charge on any atom is -0.495 e. The fraction of sp³-hybridized carbons (Fsp3) is 0.143. The maximum Gasteiger partial charge on any atom is 0.262 e. The van der Waals surface area contributed by atoms with Gasteiger partial charge in [0.25, 0.3) is 10.0 Å². The van der Waals surface area contributed by atoms with Crippen LogP contribution < -0.4 is 9.46 Å². The molecule has 0 saturated heterocycles. The highest BCUT2D eigenvalue weighted by Crippen LogP contribution is 2.27. The molecule has 0 atom stereocenters. The molecule has 0 aromatic heterocycles. The van der Waals surface area contributed by atoms with E-state index in [-0.39, 0.29) is 16.1 Å². The SMILES string of the molecule is COc1ccccc1NS(=O)(=O)c1cc(F)ccc1CO. The van der Waals surface area contributed by atoms with Gasteiger partial charge >= 0.3 is 0 Å². The standard InChI is InChI=1S/C14H14FNO4S/c1-20-13-5-3-2-4-12(13)16-21(18,19)14-8-11(15)7-6-10(14)9-17/h2-8,16-17H,9H2,1H3. The Labute approximate surface area is 122 Å². The molecule has 0 heterocycles. The van der Waals surface area contributed by atoms with Gasteiger partial charge in [-0.15, -0.1) is 0 Å². The normalized spacial score (nSPS) is 11.2. The number of nitrogens with one attached hydrogen (secondary N) is 1. The molecule has 0 aliphatic carbocycles. The first-order chi connectivity index (χ1) is 9.97. The first-order valence-electron chi connectivity index (χ1n) is 6.03. The van der Waals surface area contributed by atoms with Gasteiger partial charge in [0.15, 0.2) is 0 Å². The molecule has 0 spiro atoms. The number of methoxy groups -OCH3 is 1. The summed E-state index contributed by atoms with van der Waals surface area (Å²) >= 11 is 0. The van der Waals surface area contributed by atoms with Crippen molar-refractivity contribution in [1.82, 2.24) is 0 Å². The Morgan fingerprint density at radius 2 is 1.95 bits per heavy atom. The third kappa shape index (κ3) is 3.32. The number of aliphatic hydroxyl groups is 1. The lowest BCUT2D eigenvalue weighted by atomic mass is 10.2. The van der Waals surface area contributed by atoms with E-state index >= 15 is 0 Å². The van der Waals surface area contributed by atoms with Crippen molar-refractivity contribution in [2.45, 2.75) is 11.5 Å². The van der Waals surface area contributed by atoms with Crippen molar-refractivity contribution in [3.05, 3.63) is 53.8 Å². The van der Waals surface area contributed by atoms with Crippen molar-refractivity contribution in [1.29, 1.82) is 0 Å². The van der Waals surface area contributed by atoms with E-state index in [0.717, 1.165) is 12.1 Å². The Morgan fingerprint density at radius 1 is 1.24 bits per heavy atom. The molecule has 2 aromatic rings. The van der Waals surface area contributed by atoms with E-state index in [1.165, 1.54) is 19.2 Å². The molecule has 2 rings (SSSR count). The number of hydrogen-bond donors (Lipinski definition) is 2. The van der Waals surface area contributed by atoms with Gasteiger partial charge in [0.05, 0.1) is 24.3 Å². The number of rotatable bonds is 5. The topological polar surface area (TPSA) is 75.6 Å². The first kappa shape index (κ1) is 15.3. The molecule has 0 aliphatic rings. The van der Waals surface area contributed by atoms with Gasteiger partial charge in [0.1, 0.15) is 11.6 Å². The lowest BCUT2D eigenvalue weighted by Crippen LogP contribution is -2.16. The van der Waals surface area contributed by atoms with Gasteiger partial charge < -0.3 is 9.84 Å². The maximum atomic E-state index is 13.3. The number of hydrogen-bond acceptors (Lipinski definition) is 4. The Bertz CT molecular complexity index is 746. The second-order valence-corrected chi connectivity index (χ2v) is 5.87. The van der Waals surface area contributed by atoms with E-state index in [0.29, 0.717) is 5.75 Å². The van der Waals surface area contributed by atoms with Crippen LogP contribution in [-0.2, 0) is 16.6 Å². The van der Waals surface area contributed by atoms with Gasteiger partial charge in [-0.1, -0.05) is 18.2 Å². The predicted molar refractivity (Wildman–Crippen MR) is 76.1 cm³/mol. The van der Waals surface area contributed by atoms with Crippen LogP contribution >= 0.6 is 0 Å². The van der Waals surface area contributed by atoms with Crippen LogP contribution in [0.3, 0.4) is 0 Å². The predicted octanol–water partition coefficient (Wildman–Crippen LogP) is 2.13. The highest BCUT2D eigenvalue weighted by molar-refractivity contribution is 7.92. The summed E-state index contributed by atoms with van der Waals surface area (Å²) in [6, 6.07) is 9.63. The van der Waals surface area contributed by atoms with Crippen LogP contribution in [0.1, 0.15) is 5.56 Å². The fourth-order valence-electron chi connectivity index (χ4n) is 1.84. The summed E-state index contributed by atoms with van der Waals surface area (Å²) in [5, 5.41) is 9.20. The molecule has 5 nitrogen and oxygen atoms in total. The minimum absolute atomic E-state index is 0.110. The van der Waals surface area contributed by atoms with Gasteiger partial charge in [-0.25, -0.2) is 12.8 Å². The van der Waals surface area contributed by atoms with Crippen LogP contribution in [0, 0.1) is 5.82 Å². The Balaban J connectivity index is 2.46. The van der Waals surface area contributed by atoms with Crippen molar-refractivity contribution in [2.75, 3.05) is 11.8 Å². The van der Waals surface area contributed by atoms with E-state index < -0.39 is 22.4 Å². The van der Waals surface area contributed by atoms with Crippen molar-refractivity contribution >= 4 is 15.7 Å². The molecule has 0 saturated carbocycles. The van der Waals surface area contributed by atoms with Crippen LogP contribution in [-0.4, -0.2) is 20.6 Å². The molecule has 2 aromatic carbocycles. The summed E-state index contributed by atoms with van der Waals surface area (Å²) in [4.78, 5) is -0.309. The van der Waals surface area contributed by atoms with E-state index in [2.05, 4.69) is 4.72 Å². The van der Waals surface area contributed by atoms with Crippen LogP contribution in [0.5, 0.6) is 5.75 Å². The molecule has 0 unspecified atom stereocenters. The number of anilines is 1. The Hall–Kier alpha value is -2.12. The number of halogens is 1. The zero-order chi connectivity index (χ0) is 15.5. The smallest absolute Gasteiger partial charge is 0.262 e. The lowest BCUT2D eigenvalue weighted by molar-refractivity contribution is 0.278. The second-order valence-electron chi connectivity index (χ2n) is 4.22. The van der Waals surface area contributed by atoms with Gasteiger partial charge in [0, 0.05) is 0 Å². The largest absolute Gasteiger partial charge is 0.495 e. The molecule has 0 amide bonds. The van der Waals surface area contributed by atoms with Gasteiger partial charge in [-0.3, -0.25) is 4.72 Å². The summed E-state index contributed by atoms with van der Waals surface area (Å²) in [5.74, 6) is -0.365. The van der Waals surface area contributed by atoms with E-state index in [1.807, 2.05) is 0 Å². The molecule has 21 heavy (non-hydrogen) atoms. The summed E-state index contributed by atoms with van der Waals surface area (Å²) in [6.07, 6.45) is 0. The average molecular weight is 311 g/mol. The highest BCUT2D eigenvalue weighted by Gasteiger charge is 2.20. The van der Waals surface area contributed by atoms with Gasteiger partial charge in [-0.2, -0.15) is 0 Å². The number of benzene rings is 2. The van der Waals surface area contributed by atoms with Crippen molar-refractivity contribution < 1.29 is 22.7 Å². The lowest BCUT2D eigenvalue weighted by Gasteiger charge is -2.13. The van der Waals surface area contributed by atoms with Crippen LogP contribution in [0.2, 0.25) is 0 Å². The molecule has 0 fully saturated rings. The van der Waals surface area contributed by atoms with Crippen LogP contribution in [0.4, 0.5) is 10.1 Å². The zero-order valence-corrected chi connectivity index (χ0v) is 12.0. The molecular weight excluding hydrogens is 297 g/mol. The average Bonchev–Trinajstić information content (AvgIpc) is 2.47. The Kier molecular flexibility index (Phi) is 4.44. The number of sulfonamides is 1. The first-order valence-corrected chi connectivity index (χ1v) is 7.51. The Morgan fingerprint density at radius 3 is 2.62 bits per heavy atom. The molecule has 2 N–H and O–H groups in total. The van der Waals surface area contributed by atoms with Gasteiger partial charge in [-0.05, 0) is 29.8 Å². The third-order valence-electron chi connectivity index (χ3n) is 2.84. The summed E-state index contributed by atoms with van der Waals surface area (Å²) in [6.45, 7) is -0.511. The summed E-state index contributed by atoms with van der Waals surface area (Å²) < 4.78 is 45.4. The van der Waals surface area contributed by atoms with Crippen LogP contribution in [0.15, 0.2) is 47.4 Å². The maximum absolute atomic E-state index is 13.3. The molecule has 0 radical (unpaired) electrons. The van der Waals surface area contributed by atoms with Crippen molar-refractivity contribution in [2.24, 2.45) is 0 Å². The molecule has 0 bridgehead atoms. The quantitative estimate of drug-likeness (QED) is 0.887. The second kappa shape index (κ2) is 6.11. The zero-order valence-electron chi connectivity index (χ0n) is 11.2. The monoisotopic (exact) mass is 311 g/mol. The van der Waals surface area contributed by atoms with E-state index in [9.17, 15) is 17.9 Å². The molecule has 7 heteroatoms. The van der Waals surface area contributed by atoms with E-state index in [4.69, 9.17) is 4.74 Å². The minimum atomic E-state index is -4.04. The van der Waals surface area contributed by atoms with Crippen molar-refractivity contribution in [3.8, 4) is 5.75 Å². The number of para-hydroxylation sites is 2. The highest BCUT2D eigenvalue weighted by atomic mass is 32.2. The fourth-order valence-corrected chi connectivity index (χ4v) is 3.15. The number of ether oxygens (including phenoxy) is 1. The summed E-state index contributed by atoms with van der Waals surface area (Å²) in [7, 11) is -2.63. The summed E-state index contributed by atoms with van der Waals surface area (Å²) in [5.41, 5.74) is 0.340.